The molecule has 0 amide bonds. The van der Waals surface area contributed by atoms with Gasteiger partial charge in [-0.15, -0.1) is 0 Å². The number of halogens is 4. The third kappa shape index (κ3) is 5.94. The summed E-state index contributed by atoms with van der Waals surface area (Å²) in [5, 5.41) is 3.69. The fraction of sp³-hybridized carbons (Fsp3) is 0.217. The Hall–Kier alpha value is -2.15. The average molecular weight is 497 g/mol. The van der Waals surface area contributed by atoms with Crippen molar-refractivity contribution in [2.75, 3.05) is 13.7 Å². The van der Waals surface area contributed by atoms with Crippen molar-refractivity contribution in [1.29, 1.82) is 0 Å². The number of methoxy groups -OCH3 is 1. The molecule has 0 bridgehead atoms. The third-order valence-corrected chi connectivity index (χ3v) is 5.67. The van der Waals surface area contributed by atoms with Crippen LogP contribution in [0, 0.1) is 11.6 Å². The highest BCUT2D eigenvalue weighted by Gasteiger charge is 2.15. The van der Waals surface area contributed by atoms with Gasteiger partial charge in [0.05, 0.1) is 12.1 Å². The lowest BCUT2D eigenvalue weighted by Crippen LogP contribution is -2.18. The summed E-state index contributed by atoms with van der Waals surface area (Å²) in [6.07, 6.45) is 0.767. The van der Waals surface area contributed by atoms with Crippen LogP contribution in [0.4, 0.5) is 8.78 Å². The van der Waals surface area contributed by atoms with Crippen LogP contribution in [0.1, 0.15) is 16.7 Å². The van der Waals surface area contributed by atoms with E-state index in [0.29, 0.717) is 35.2 Å². The summed E-state index contributed by atoms with van der Waals surface area (Å²) in [6.45, 7) is 1.42. The standard InChI is InChI=1S/C23H21BrClF2NO2/c1-29-22-9-8-20(24)19(13-28-11-10-15-2-5-17(26)6-3-15)23(22)30-14-16-4-7-18(27)12-21(16)25/h2-9,12,28H,10-11,13-14H2,1H3. The molecule has 0 aliphatic carbocycles. The van der Waals surface area contributed by atoms with E-state index in [0.717, 1.165) is 22.0 Å². The van der Waals surface area contributed by atoms with Crippen LogP contribution in [-0.2, 0) is 19.6 Å². The normalized spacial score (nSPS) is 10.8. The first-order valence-electron chi connectivity index (χ1n) is 9.35. The van der Waals surface area contributed by atoms with E-state index in [9.17, 15) is 8.78 Å². The Balaban J connectivity index is 1.69. The lowest BCUT2D eigenvalue weighted by atomic mass is 10.1. The topological polar surface area (TPSA) is 30.5 Å². The Morgan fingerprint density at radius 3 is 2.43 bits per heavy atom. The molecule has 3 rings (SSSR count). The number of nitrogens with one attached hydrogen (secondary N) is 1. The fourth-order valence-corrected chi connectivity index (χ4v) is 3.63. The molecule has 0 aliphatic heterocycles. The fourth-order valence-electron chi connectivity index (χ4n) is 2.95. The summed E-state index contributed by atoms with van der Waals surface area (Å²) in [5.74, 6) is 0.540. The van der Waals surface area contributed by atoms with Crippen molar-refractivity contribution in [3.63, 3.8) is 0 Å². The van der Waals surface area contributed by atoms with Gasteiger partial charge in [-0.1, -0.05) is 45.7 Å². The quantitative estimate of drug-likeness (QED) is 0.353. The van der Waals surface area contributed by atoms with Crippen LogP contribution in [0.3, 0.4) is 0 Å². The minimum Gasteiger partial charge on any atom is -0.493 e. The van der Waals surface area contributed by atoms with E-state index in [1.807, 2.05) is 12.1 Å². The van der Waals surface area contributed by atoms with Gasteiger partial charge in [-0.25, -0.2) is 8.78 Å². The highest BCUT2D eigenvalue weighted by Crippen LogP contribution is 2.37. The lowest BCUT2D eigenvalue weighted by Gasteiger charge is -2.17. The monoisotopic (exact) mass is 495 g/mol. The Morgan fingerprint density at radius 2 is 1.73 bits per heavy atom. The first-order chi connectivity index (χ1) is 14.5. The van der Waals surface area contributed by atoms with Gasteiger partial charge in [-0.2, -0.15) is 0 Å². The molecular weight excluding hydrogens is 476 g/mol. The smallest absolute Gasteiger partial charge is 0.167 e. The zero-order valence-corrected chi connectivity index (χ0v) is 18.7. The molecule has 0 saturated carbocycles. The summed E-state index contributed by atoms with van der Waals surface area (Å²) in [6, 6.07) is 14.4. The Morgan fingerprint density at radius 1 is 1.00 bits per heavy atom. The molecule has 1 N–H and O–H groups in total. The second-order valence-electron chi connectivity index (χ2n) is 6.63. The van der Waals surface area contributed by atoms with E-state index < -0.39 is 5.82 Å². The number of ether oxygens (including phenoxy) is 2. The number of rotatable bonds is 9. The van der Waals surface area contributed by atoms with Crippen molar-refractivity contribution >= 4 is 27.5 Å². The molecule has 3 aromatic carbocycles. The Kier molecular flexibility index (Phi) is 8.08. The van der Waals surface area contributed by atoms with E-state index in [-0.39, 0.29) is 12.4 Å². The van der Waals surface area contributed by atoms with Crippen LogP contribution >= 0.6 is 27.5 Å². The van der Waals surface area contributed by atoms with Crippen molar-refractivity contribution < 1.29 is 18.3 Å². The molecule has 30 heavy (non-hydrogen) atoms. The molecule has 0 radical (unpaired) electrons. The van der Waals surface area contributed by atoms with Gasteiger partial charge in [0.15, 0.2) is 11.5 Å². The van der Waals surface area contributed by atoms with Gasteiger partial charge in [0.25, 0.3) is 0 Å². The molecule has 158 valence electrons. The first-order valence-corrected chi connectivity index (χ1v) is 10.5. The van der Waals surface area contributed by atoms with Crippen LogP contribution in [0.25, 0.3) is 0 Å². The highest BCUT2D eigenvalue weighted by atomic mass is 79.9. The first kappa shape index (κ1) is 22.5. The van der Waals surface area contributed by atoms with Gasteiger partial charge in [-0.05, 0) is 54.9 Å². The lowest BCUT2D eigenvalue weighted by molar-refractivity contribution is 0.280. The molecule has 0 heterocycles. The van der Waals surface area contributed by atoms with Crippen molar-refractivity contribution in [3.05, 3.63) is 92.4 Å². The maximum absolute atomic E-state index is 13.3. The van der Waals surface area contributed by atoms with Crippen LogP contribution in [-0.4, -0.2) is 13.7 Å². The van der Waals surface area contributed by atoms with Crippen LogP contribution < -0.4 is 14.8 Å². The van der Waals surface area contributed by atoms with E-state index in [2.05, 4.69) is 21.2 Å². The molecular formula is C23H21BrClF2NO2. The molecule has 0 aliphatic rings. The molecule has 3 nitrogen and oxygen atoms in total. The third-order valence-electron chi connectivity index (χ3n) is 4.58. The number of benzene rings is 3. The average Bonchev–Trinajstić information content (AvgIpc) is 2.73. The summed E-state index contributed by atoms with van der Waals surface area (Å²) < 4.78 is 38.7. The van der Waals surface area contributed by atoms with E-state index in [1.54, 1.807) is 25.3 Å². The Bertz CT molecular complexity index is 999. The predicted octanol–water partition coefficient (Wildman–Crippen LogP) is 6.30. The van der Waals surface area contributed by atoms with Crippen molar-refractivity contribution in [2.45, 2.75) is 19.6 Å². The molecule has 0 spiro atoms. The minimum absolute atomic E-state index is 0.175. The van der Waals surface area contributed by atoms with Crippen molar-refractivity contribution in [2.24, 2.45) is 0 Å². The van der Waals surface area contributed by atoms with E-state index in [4.69, 9.17) is 21.1 Å². The van der Waals surface area contributed by atoms with Crippen LogP contribution in [0.15, 0.2) is 59.1 Å². The minimum atomic E-state index is -0.394. The zero-order valence-electron chi connectivity index (χ0n) is 16.4. The molecule has 7 heteroatoms. The molecule has 3 aromatic rings. The van der Waals surface area contributed by atoms with Crippen molar-refractivity contribution in [1.82, 2.24) is 5.32 Å². The molecule has 0 unspecified atom stereocenters. The van der Waals surface area contributed by atoms with Gasteiger partial charge < -0.3 is 14.8 Å². The second kappa shape index (κ2) is 10.8. The Labute approximate surface area is 188 Å². The number of hydrogen-bond acceptors (Lipinski definition) is 3. The second-order valence-corrected chi connectivity index (χ2v) is 7.90. The van der Waals surface area contributed by atoms with E-state index >= 15 is 0 Å². The zero-order chi connectivity index (χ0) is 21.5. The maximum atomic E-state index is 13.3. The van der Waals surface area contributed by atoms with E-state index in [1.165, 1.54) is 24.3 Å². The van der Waals surface area contributed by atoms with Crippen molar-refractivity contribution in [3.8, 4) is 11.5 Å². The molecule has 0 aromatic heterocycles. The highest BCUT2D eigenvalue weighted by molar-refractivity contribution is 9.10. The SMILES string of the molecule is COc1ccc(Br)c(CNCCc2ccc(F)cc2)c1OCc1ccc(F)cc1Cl. The summed E-state index contributed by atoms with van der Waals surface area (Å²) >= 11 is 9.69. The largest absolute Gasteiger partial charge is 0.493 e. The van der Waals surface area contributed by atoms with Crippen LogP contribution in [0.5, 0.6) is 11.5 Å². The molecule has 0 fully saturated rings. The summed E-state index contributed by atoms with van der Waals surface area (Å²) in [7, 11) is 1.58. The van der Waals surface area contributed by atoms with Gasteiger partial charge in [0, 0.05) is 22.1 Å². The van der Waals surface area contributed by atoms with Gasteiger partial charge in [0.2, 0.25) is 0 Å². The summed E-state index contributed by atoms with van der Waals surface area (Å²) in [5.41, 5.74) is 2.62. The maximum Gasteiger partial charge on any atom is 0.167 e. The molecule has 0 saturated heterocycles. The van der Waals surface area contributed by atoms with Gasteiger partial charge in [0.1, 0.15) is 18.2 Å². The van der Waals surface area contributed by atoms with Gasteiger partial charge >= 0.3 is 0 Å². The predicted molar refractivity (Wildman–Crippen MR) is 118 cm³/mol. The number of hydrogen-bond donors (Lipinski definition) is 1. The van der Waals surface area contributed by atoms with Crippen LogP contribution in [0.2, 0.25) is 5.02 Å². The summed E-state index contributed by atoms with van der Waals surface area (Å²) in [4.78, 5) is 0. The molecule has 0 atom stereocenters. The van der Waals surface area contributed by atoms with Gasteiger partial charge in [-0.3, -0.25) is 0 Å².